The average molecular weight is 363 g/mol. The van der Waals surface area contributed by atoms with Gasteiger partial charge in [0.05, 0.1) is 5.56 Å². The Morgan fingerprint density at radius 2 is 2.10 bits per heavy atom. The van der Waals surface area contributed by atoms with Gasteiger partial charge in [-0.05, 0) is 18.6 Å². The standard InChI is InChI=1S/C14H14BrF3N2O/c1-2-6-20-7-5-19-13(20)12(21)10-4-3-9(15)8-11(10)14(16,17)18/h3-5,7-8,12,21H,2,6H2,1H3. The molecule has 0 radical (unpaired) electrons. The van der Waals surface area contributed by atoms with Crippen LogP contribution in [0.25, 0.3) is 0 Å². The van der Waals surface area contributed by atoms with Crippen LogP contribution >= 0.6 is 15.9 Å². The van der Waals surface area contributed by atoms with E-state index in [0.717, 1.165) is 12.5 Å². The first-order chi connectivity index (χ1) is 9.84. The summed E-state index contributed by atoms with van der Waals surface area (Å²) in [4.78, 5) is 3.99. The van der Waals surface area contributed by atoms with E-state index in [1.165, 1.54) is 18.3 Å². The van der Waals surface area contributed by atoms with Crippen LogP contribution in [-0.4, -0.2) is 14.7 Å². The summed E-state index contributed by atoms with van der Waals surface area (Å²) in [5.41, 5.74) is -1.07. The van der Waals surface area contributed by atoms with Crippen molar-refractivity contribution in [2.45, 2.75) is 32.2 Å². The van der Waals surface area contributed by atoms with E-state index in [-0.39, 0.29) is 11.4 Å². The summed E-state index contributed by atoms with van der Waals surface area (Å²) < 4.78 is 41.3. The van der Waals surface area contributed by atoms with Crippen LogP contribution in [0, 0.1) is 0 Å². The summed E-state index contributed by atoms with van der Waals surface area (Å²) in [6, 6.07) is 3.70. The van der Waals surface area contributed by atoms with Crippen LogP contribution in [0.5, 0.6) is 0 Å². The van der Waals surface area contributed by atoms with Crippen molar-refractivity contribution in [2.75, 3.05) is 0 Å². The number of aryl methyl sites for hydroxylation is 1. The molecule has 0 aliphatic carbocycles. The lowest BCUT2D eigenvalue weighted by atomic mass is 10.0. The number of hydrogen-bond acceptors (Lipinski definition) is 2. The molecule has 1 unspecified atom stereocenters. The number of aromatic nitrogens is 2. The van der Waals surface area contributed by atoms with E-state index >= 15 is 0 Å². The van der Waals surface area contributed by atoms with E-state index in [9.17, 15) is 18.3 Å². The van der Waals surface area contributed by atoms with Crippen molar-refractivity contribution < 1.29 is 18.3 Å². The zero-order valence-corrected chi connectivity index (χ0v) is 12.8. The van der Waals surface area contributed by atoms with Crippen molar-refractivity contribution >= 4 is 15.9 Å². The molecule has 1 N–H and O–H groups in total. The Kier molecular flexibility index (Phi) is 4.73. The smallest absolute Gasteiger partial charge is 0.380 e. The summed E-state index contributed by atoms with van der Waals surface area (Å²) in [5.74, 6) is 0.213. The Morgan fingerprint density at radius 3 is 2.71 bits per heavy atom. The molecule has 0 bridgehead atoms. The maximum Gasteiger partial charge on any atom is 0.416 e. The number of aliphatic hydroxyl groups excluding tert-OH is 1. The lowest BCUT2D eigenvalue weighted by Crippen LogP contribution is -2.16. The van der Waals surface area contributed by atoms with E-state index in [1.54, 1.807) is 10.8 Å². The van der Waals surface area contributed by atoms with Crippen LogP contribution < -0.4 is 0 Å². The maximum atomic E-state index is 13.1. The molecule has 0 spiro atoms. The van der Waals surface area contributed by atoms with E-state index in [4.69, 9.17) is 0 Å². The first-order valence-corrected chi connectivity index (χ1v) is 7.19. The molecule has 1 heterocycles. The van der Waals surface area contributed by atoms with E-state index < -0.39 is 17.8 Å². The fraction of sp³-hybridized carbons (Fsp3) is 0.357. The van der Waals surface area contributed by atoms with E-state index in [2.05, 4.69) is 20.9 Å². The van der Waals surface area contributed by atoms with Gasteiger partial charge in [0.1, 0.15) is 11.9 Å². The number of alkyl halides is 3. The molecule has 21 heavy (non-hydrogen) atoms. The van der Waals surface area contributed by atoms with Crippen molar-refractivity contribution in [3.05, 3.63) is 52.0 Å². The minimum Gasteiger partial charge on any atom is -0.380 e. The van der Waals surface area contributed by atoms with Crippen LogP contribution in [-0.2, 0) is 12.7 Å². The molecule has 2 aromatic rings. The van der Waals surface area contributed by atoms with Gasteiger partial charge in [0.15, 0.2) is 0 Å². The third kappa shape index (κ3) is 3.47. The Labute approximate surface area is 128 Å². The Balaban J connectivity index is 2.48. The van der Waals surface area contributed by atoms with Gasteiger partial charge in [-0.1, -0.05) is 28.9 Å². The third-order valence-corrected chi connectivity index (χ3v) is 3.57. The molecule has 0 fully saturated rings. The number of benzene rings is 1. The van der Waals surface area contributed by atoms with Gasteiger partial charge in [0.2, 0.25) is 0 Å². The molecular weight excluding hydrogens is 349 g/mol. The fourth-order valence-electron chi connectivity index (χ4n) is 2.15. The molecule has 2 rings (SSSR count). The van der Waals surface area contributed by atoms with E-state index in [1.807, 2.05) is 6.92 Å². The quantitative estimate of drug-likeness (QED) is 0.886. The highest BCUT2D eigenvalue weighted by molar-refractivity contribution is 9.10. The van der Waals surface area contributed by atoms with Gasteiger partial charge in [-0.15, -0.1) is 0 Å². The first kappa shape index (κ1) is 16.0. The average Bonchev–Trinajstić information content (AvgIpc) is 2.85. The van der Waals surface area contributed by atoms with Crippen molar-refractivity contribution in [2.24, 2.45) is 0 Å². The number of imidazole rings is 1. The SMILES string of the molecule is CCCn1ccnc1C(O)c1ccc(Br)cc1C(F)(F)F. The lowest BCUT2D eigenvalue weighted by molar-refractivity contribution is -0.139. The van der Waals surface area contributed by atoms with Gasteiger partial charge in [-0.3, -0.25) is 0 Å². The molecule has 7 heteroatoms. The second kappa shape index (κ2) is 6.19. The van der Waals surface area contributed by atoms with Gasteiger partial charge >= 0.3 is 6.18 Å². The highest BCUT2D eigenvalue weighted by Crippen LogP contribution is 2.37. The Morgan fingerprint density at radius 1 is 1.38 bits per heavy atom. The molecule has 1 aromatic carbocycles. The fourth-order valence-corrected chi connectivity index (χ4v) is 2.51. The van der Waals surface area contributed by atoms with Crippen molar-refractivity contribution in [3.8, 4) is 0 Å². The summed E-state index contributed by atoms with van der Waals surface area (Å²) in [6.07, 6.45) is -2.05. The largest absolute Gasteiger partial charge is 0.416 e. The zero-order valence-electron chi connectivity index (χ0n) is 11.2. The molecule has 114 valence electrons. The molecule has 0 amide bonds. The first-order valence-electron chi connectivity index (χ1n) is 6.40. The molecule has 0 aliphatic rings. The van der Waals surface area contributed by atoms with Gasteiger partial charge in [-0.2, -0.15) is 13.2 Å². The molecule has 0 saturated carbocycles. The van der Waals surface area contributed by atoms with Gasteiger partial charge in [-0.25, -0.2) is 4.98 Å². The van der Waals surface area contributed by atoms with Crippen LogP contribution in [0.3, 0.4) is 0 Å². The highest BCUT2D eigenvalue weighted by Gasteiger charge is 2.36. The van der Waals surface area contributed by atoms with Gasteiger partial charge in [0, 0.05) is 29.0 Å². The lowest BCUT2D eigenvalue weighted by Gasteiger charge is -2.18. The zero-order chi connectivity index (χ0) is 15.6. The summed E-state index contributed by atoms with van der Waals surface area (Å²) in [7, 11) is 0. The summed E-state index contributed by atoms with van der Waals surface area (Å²) in [6.45, 7) is 2.53. The van der Waals surface area contributed by atoms with Gasteiger partial charge < -0.3 is 9.67 Å². The number of aliphatic hydroxyl groups is 1. The molecule has 3 nitrogen and oxygen atoms in total. The van der Waals surface area contributed by atoms with Gasteiger partial charge in [0.25, 0.3) is 0 Å². The highest BCUT2D eigenvalue weighted by atomic mass is 79.9. The normalized spacial score (nSPS) is 13.4. The number of hydrogen-bond donors (Lipinski definition) is 1. The Hall–Kier alpha value is -1.34. The van der Waals surface area contributed by atoms with Crippen LogP contribution in [0.15, 0.2) is 35.1 Å². The third-order valence-electron chi connectivity index (χ3n) is 3.07. The summed E-state index contributed by atoms with van der Waals surface area (Å²) in [5, 5.41) is 10.3. The topological polar surface area (TPSA) is 38.0 Å². The number of nitrogens with zero attached hydrogens (tertiary/aromatic N) is 2. The maximum absolute atomic E-state index is 13.1. The monoisotopic (exact) mass is 362 g/mol. The molecule has 0 saturated heterocycles. The van der Waals surface area contributed by atoms with Crippen molar-refractivity contribution in [3.63, 3.8) is 0 Å². The predicted molar refractivity (Wildman–Crippen MR) is 75.7 cm³/mol. The van der Waals surface area contributed by atoms with Crippen LogP contribution in [0.4, 0.5) is 13.2 Å². The molecule has 1 atom stereocenters. The number of rotatable bonds is 4. The number of halogens is 4. The molecule has 0 aliphatic heterocycles. The minimum atomic E-state index is -4.54. The Bertz CT molecular complexity index is 625. The second-order valence-electron chi connectivity index (χ2n) is 4.61. The van der Waals surface area contributed by atoms with Crippen LogP contribution in [0.1, 0.15) is 36.4 Å². The molecular formula is C14H14BrF3N2O. The van der Waals surface area contributed by atoms with Crippen molar-refractivity contribution in [1.82, 2.24) is 9.55 Å². The second-order valence-corrected chi connectivity index (χ2v) is 5.53. The molecule has 1 aromatic heterocycles. The minimum absolute atomic E-state index is 0.200. The predicted octanol–water partition coefficient (Wildman–Crippen LogP) is 4.16. The summed E-state index contributed by atoms with van der Waals surface area (Å²) >= 11 is 3.02. The van der Waals surface area contributed by atoms with E-state index in [0.29, 0.717) is 11.0 Å². The van der Waals surface area contributed by atoms with Crippen LogP contribution in [0.2, 0.25) is 0 Å². The van der Waals surface area contributed by atoms with Crippen molar-refractivity contribution in [1.29, 1.82) is 0 Å².